The summed E-state index contributed by atoms with van der Waals surface area (Å²) in [5.74, 6) is 0.606. The van der Waals surface area contributed by atoms with Gasteiger partial charge in [0, 0.05) is 6.07 Å². The van der Waals surface area contributed by atoms with Gasteiger partial charge < -0.3 is 4.74 Å². The first-order chi connectivity index (χ1) is 10.0. The molecule has 1 heterocycles. The predicted molar refractivity (Wildman–Crippen MR) is 81.9 cm³/mol. The lowest BCUT2D eigenvalue weighted by Crippen LogP contribution is -1.99. The summed E-state index contributed by atoms with van der Waals surface area (Å²) in [6, 6.07) is 4.27. The summed E-state index contributed by atoms with van der Waals surface area (Å²) in [5, 5.41) is 11.2. The Bertz CT molecular complexity index is 682. The Morgan fingerprint density at radius 1 is 1.43 bits per heavy atom. The van der Waals surface area contributed by atoms with Crippen LogP contribution >= 0.6 is 27.5 Å². The van der Waals surface area contributed by atoms with Gasteiger partial charge in [-0.1, -0.05) is 24.9 Å². The highest BCUT2D eigenvalue weighted by atomic mass is 79.9. The number of aromatic nitrogens is 2. The Labute approximate surface area is 134 Å². The molecule has 0 bridgehead atoms. The number of nitrogens with zero attached hydrogens (tertiary/aromatic N) is 3. The lowest BCUT2D eigenvalue weighted by Gasteiger charge is -2.11. The van der Waals surface area contributed by atoms with Gasteiger partial charge in [0.25, 0.3) is 5.69 Å². The van der Waals surface area contributed by atoms with Gasteiger partial charge in [0.05, 0.1) is 21.0 Å². The summed E-state index contributed by atoms with van der Waals surface area (Å²) in [6.45, 7) is 2.00. The molecule has 0 atom stereocenters. The zero-order chi connectivity index (χ0) is 15.4. The molecule has 6 nitrogen and oxygen atoms in total. The second-order valence-electron chi connectivity index (χ2n) is 4.17. The highest BCUT2D eigenvalue weighted by Gasteiger charge is 2.15. The van der Waals surface area contributed by atoms with Crippen molar-refractivity contribution in [1.29, 1.82) is 0 Å². The summed E-state index contributed by atoms with van der Waals surface area (Å²) >= 11 is 9.34. The first-order valence-electron chi connectivity index (χ1n) is 6.14. The maximum Gasteiger partial charge on any atom is 0.273 e. The predicted octanol–water partition coefficient (Wildman–Crippen LogP) is 4.55. The molecule has 21 heavy (non-hydrogen) atoms. The van der Waals surface area contributed by atoms with Crippen LogP contribution in [0.1, 0.15) is 18.9 Å². The van der Waals surface area contributed by atoms with E-state index in [9.17, 15) is 10.1 Å². The SMILES string of the molecule is CCCc1c(Cl)ncnc1Oc1cc([N+](=O)[O-])ccc1Br. The number of ether oxygens (including phenoxy) is 1. The van der Waals surface area contributed by atoms with E-state index in [2.05, 4.69) is 25.9 Å². The molecule has 0 amide bonds. The van der Waals surface area contributed by atoms with Crippen molar-refractivity contribution in [2.24, 2.45) is 0 Å². The summed E-state index contributed by atoms with van der Waals surface area (Å²) in [4.78, 5) is 18.3. The van der Waals surface area contributed by atoms with Gasteiger partial charge in [0.2, 0.25) is 5.88 Å². The van der Waals surface area contributed by atoms with E-state index in [1.165, 1.54) is 18.5 Å². The quantitative estimate of drug-likeness (QED) is 0.437. The van der Waals surface area contributed by atoms with Crippen LogP contribution < -0.4 is 4.74 Å². The van der Waals surface area contributed by atoms with Crippen LogP contribution in [0, 0.1) is 10.1 Å². The minimum atomic E-state index is -0.487. The van der Waals surface area contributed by atoms with Crippen molar-refractivity contribution < 1.29 is 9.66 Å². The van der Waals surface area contributed by atoms with Gasteiger partial charge in [-0.15, -0.1) is 0 Å². The number of nitro benzene ring substituents is 1. The number of rotatable bonds is 5. The van der Waals surface area contributed by atoms with E-state index in [1.807, 2.05) is 6.92 Å². The molecule has 0 aliphatic heterocycles. The molecule has 0 fully saturated rings. The normalized spacial score (nSPS) is 10.4. The lowest BCUT2D eigenvalue weighted by molar-refractivity contribution is -0.384. The van der Waals surface area contributed by atoms with Gasteiger partial charge in [-0.25, -0.2) is 9.97 Å². The summed E-state index contributed by atoms with van der Waals surface area (Å²) in [7, 11) is 0. The molecule has 2 rings (SSSR count). The fraction of sp³-hybridized carbons (Fsp3) is 0.231. The molecular formula is C13H11BrClN3O3. The minimum Gasteiger partial charge on any atom is -0.437 e. The smallest absolute Gasteiger partial charge is 0.273 e. The van der Waals surface area contributed by atoms with E-state index < -0.39 is 4.92 Å². The van der Waals surface area contributed by atoms with Gasteiger partial charge >= 0.3 is 0 Å². The highest BCUT2D eigenvalue weighted by molar-refractivity contribution is 9.10. The second-order valence-corrected chi connectivity index (χ2v) is 5.38. The Hall–Kier alpha value is -1.73. The molecule has 110 valence electrons. The van der Waals surface area contributed by atoms with E-state index >= 15 is 0 Å². The van der Waals surface area contributed by atoms with Crippen LogP contribution in [0.2, 0.25) is 5.15 Å². The maximum absolute atomic E-state index is 10.8. The Kier molecular flexibility index (Phi) is 5.08. The number of nitro groups is 1. The molecule has 8 heteroatoms. The van der Waals surface area contributed by atoms with E-state index in [0.29, 0.717) is 33.2 Å². The Morgan fingerprint density at radius 2 is 2.19 bits per heavy atom. The van der Waals surface area contributed by atoms with E-state index in [1.54, 1.807) is 6.07 Å². The standard InChI is InChI=1S/C13H11BrClN3O3/c1-2-3-9-12(15)16-7-17-13(9)21-11-6-8(18(19)20)4-5-10(11)14/h4-7H,2-3H2,1H3. The van der Waals surface area contributed by atoms with Crippen LogP contribution in [-0.4, -0.2) is 14.9 Å². The van der Waals surface area contributed by atoms with E-state index in [-0.39, 0.29) is 5.69 Å². The van der Waals surface area contributed by atoms with Crippen LogP contribution in [-0.2, 0) is 6.42 Å². The lowest BCUT2D eigenvalue weighted by atomic mass is 10.2. The highest BCUT2D eigenvalue weighted by Crippen LogP contribution is 2.34. The second kappa shape index (κ2) is 6.82. The zero-order valence-electron chi connectivity index (χ0n) is 11.0. The topological polar surface area (TPSA) is 78.2 Å². The molecule has 0 saturated heterocycles. The molecule has 0 unspecified atom stereocenters. The average molecular weight is 373 g/mol. The minimum absolute atomic E-state index is 0.0644. The molecule has 0 aliphatic carbocycles. The molecule has 0 aliphatic rings. The van der Waals surface area contributed by atoms with Crippen LogP contribution in [0.15, 0.2) is 29.0 Å². The maximum atomic E-state index is 10.8. The zero-order valence-corrected chi connectivity index (χ0v) is 13.4. The summed E-state index contributed by atoms with van der Waals surface area (Å²) in [5.41, 5.74) is 0.616. The molecule has 0 N–H and O–H groups in total. The van der Waals surface area contributed by atoms with E-state index in [4.69, 9.17) is 16.3 Å². The van der Waals surface area contributed by atoms with Crippen molar-refractivity contribution in [3.8, 4) is 11.6 Å². The first-order valence-corrected chi connectivity index (χ1v) is 7.31. The fourth-order valence-corrected chi connectivity index (χ4v) is 2.26. The van der Waals surface area contributed by atoms with Crippen molar-refractivity contribution in [1.82, 2.24) is 9.97 Å². The van der Waals surface area contributed by atoms with Gasteiger partial charge in [0.1, 0.15) is 11.5 Å². The monoisotopic (exact) mass is 371 g/mol. The molecule has 0 radical (unpaired) electrons. The number of benzene rings is 1. The first kappa shape index (κ1) is 15.7. The largest absolute Gasteiger partial charge is 0.437 e. The van der Waals surface area contributed by atoms with Crippen molar-refractivity contribution in [3.63, 3.8) is 0 Å². The number of non-ortho nitro benzene ring substituents is 1. The average Bonchev–Trinajstić information content (AvgIpc) is 2.44. The molecule has 0 spiro atoms. The van der Waals surface area contributed by atoms with Gasteiger partial charge in [-0.3, -0.25) is 10.1 Å². The van der Waals surface area contributed by atoms with E-state index in [0.717, 1.165) is 6.42 Å². The number of hydrogen-bond acceptors (Lipinski definition) is 5. The number of halogens is 2. The van der Waals surface area contributed by atoms with Gasteiger partial charge in [0.15, 0.2) is 5.75 Å². The van der Waals surface area contributed by atoms with Crippen molar-refractivity contribution in [2.75, 3.05) is 0 Å². The fourth-order valence-electron chi connectivity index (χ4n) is 1.71. The number of hydrogen-bond donors (Lipinski definition) is 0. The van der Waals surface area contributed by atoms with Crippen LogP contribution in [0.5, 0.6) is 11.6 Å². The third-order valence-corrected chi connectivity index (χ3v) is 3.67. The van der Waals surface area contributed by atoms with Crippen molar-refractivity contribution in [2.45, 2.75) is 19.8 Å². The molecular weight excluding hydrogens is 362 g/mol. The summed E-state index contributed by atoms with van der Waals surface area (Å²) < 4.78 is 6.27. The molecule has 0 saturated carbocycles. The third kappa shape index (κ3) is 3.68. The van der Waals surface area contributed by atoms with Gasteiger partial charge in [-0.05, 0) is 28.4 Å². The van der Waals surface area contributed by atoms with Crippen LogP contribution in [0.4, 0.5) is 5.69 Å². The van der Waals surface area contributed by atoms with Crippen molar-refractivity contribution >= 4 is 33.2 Å². The van der Waals surface area contributed by atoms with Crippen LogP contribution in [0.3, 0.4) is 0 Å². The summed E-state index contributed by atoms with van der Waals surface area (Å²) in [6.07, 6.45) is 2.79. The molecule has 1 aromatic heterocycles. The Morgan fingerprint density at radius 3 is 2.86 bits per heavy atom. The Balaban J connectivity index is 2.40. The van der Waals surface area contributed by atoms with Crippen molar-refractivity contribution in [3.05, 3.63) is 49.8 Å². The van der Waals surface area contributed by atoms with Crippen LogP contribution in [0.25, 0.3) is 0 Å². The van der Waals surface area contributed by atoms with Gasteiger partial charge in [-0.2, -0.15) is 0 Å². The molecule has 1 aromatic carbocycles. The molecule has 2 aromatic rings. The third-order valence-electron chi connectivity index (χ3n) is 2.69.